The Bertz CT molecular complexity index is 1200. The van der Waals surface area contributed by atoms with Gasteiger partial charge >= 0.3 is 0 Å². The number of hydrogen-bond acceptors (Lipinski definition) is 7. The van der Waals surface area contributed by atoms with E-state index in [9.17, 15) is 4.79 Å². The average molecular weight is 480 g/mol. The molecule has 8 heteroatoms. The van der Waals surface area contributed by atoms with Crippen LogP contribution in [0.3, 0.4) is 0 Å². The second-order valence-corrected chi connectivity index (χ2v) is 9.49. The summed E-state index contributed by atoms with van der Waals surface area (Å²) in [4.78, 5) is 24.4. The van der Waals surface area contributed by atoms with Gasteiger partial charge in [0.25, 0.3) is 5.91 Å². The van der Waals surface area contributed by atoms with Crippen LogP contribution >= 0.6 is 23.1 Å². The van der Waals surface area contributed by atoms with E-state index in [0.29, 0.717) is 34.0 Å². The summed E-state index contributed by atoms with van der Waals surface area (Å²) in [7, 11) is 3.23. The fourth-order valence-corrected chi connectivity index (χ4v) is 5.07. The van der Waals surface area contributed by atoms with Crippen LogP contribution in [0.2, 0.25) is 0 Å². The van der Waals surface area contributed by atoms with Crippen molar-refractivity contribution in [2.75, 3.05) is 19.1 Å². The summed E-state index contributed by atoms with van der Waals surface area (Å²) in [5.41, 5.74) is 2.96. The molecule has 0 spiro atoms. The highest BCUT2D eigenvalue weighted by Gasteiger charge is 2.32. The van der Waals surface area contributed by atoms with Crippen LogP contribution in [0, 0.1) is 0 Å². The monoisotopic (exact) mass is 479 g/mol. The van der Waals surface area contributed by atoms with Crippen molar-refractivity contribution < 1.29 is 14.3 Å². The predicted molar refractivity (Wildman–Crippen MR) is 136 cm³/mol. The second kappa shape index (κ2) is 10.2. The molecule has 0 atom stereocenters. The molecule has 0 radical (unpaired) electrons. The molecule has 1 amide bonds. The maximum Gasteiger partial charge on any atom is 0.283 e. The fourth-order valence-electron chi connectivity index (χ4n) is 3.22. The van der Waals surface area contributed by atoms with Gasteiger partial charge in [-0.3, -0.25) is 9.69 Å². The van der Waals surface area contributed by atoms with Crippen LogP contribution in [-0.4, -0.2) is 30.3 Å². The molecule has 0 unspecified atom stereocenters. The van der Waals surface area contributed by atoms with E-state index >= 15 is 0 Å². The van der Waals surface area contributed by atoms with Gasteiger partial charge in [0, 0.05) is 23.1 Å². The van der Waals surface area contributed by atoms with Gasteiger partial charge in [0.05, 0.1) is 30.6 Å². The van der Waals surface area contributed by atoms with E-state index < -0.39 is 0 Å². The number of rotatable bonds is 7. The zero-order chi connectivity index (χ0) is 23.4. The highest BCUT2D eigenvalue weighted by atomic mass is 32.2. The molecular weight excluding hydrogens is 454 g/mol. The molecule has 4 rings (SSSR count). The number of thioether (sulfide) groups is 1. The lowest BCUT2D eigenvalue weighted by Gasteiger charge is -2.18. The first kappa shape index (κ1) is 23.1. The average Bonchev–Trinajstić information content (AvgIpc) is 3.43. The van der Waals surface area contributed by atoms with Crippen molar-refractivity contribution in [3.05, 3.63) is 75.9 Å². The minimum Gasteiger partial charge on any atom is -0.497 e. The molecular formula is C25H25N3O3S2. The Hall–Kier alpha value is -3.10. The molecule has 2 heterocycles. The molecule has 6 nitrogen and oxygen atoms in total. The molecule has 0 aliphatic carbocycles. The Morgan fingerprint density at radius 1 is 1.09 bits per heavy atom. The standard InChI is InChI=1S/C25H25N3O3S2/c1-16(2)23-26-18(14-32-23)15-33-25-27-22(12-17-8-10-20(30-3)11-9-17)24(29)28(25)19-6-5-7-21(13-19)31-4/h5-14,16H,15H2,1-4H3/b22-12-. The van der Waals surface area contributed by atoms with Crippen LogP contribution in [0.5, 0.6) is 11.5 Å². The van der Waals surface area contributed by atoms with Gasteiger partial charge in [-0.1, -0.05) is 43.8 Å². The minimum absolute atomic E-state index is 0.178. The quantitative estimate of drug-likeness (QED) is 0.391. The topological polar surface area (TPSA) is 64.0 Å². The lowest BCUT2D eigenvalue weighted by atomic mass is 10.2. The van der Waals surface area contributed by atoms with Crippen molar-refractivity contribution in [3.63, 3.8) is 0 Å². The summed E-state index contributed by atoms with van der Waals surface area (Å²) in [6, 6.07) is 15.0. The number of aliphatic imine (C=N–C) groups is 1. The van der Waals surface area contributed by atoms with Crippen molar-refractivity contribution in [1.82, 2.24) is 4.98 Å². The van der Waals surface area contributed by atoms with Crippen LogP contribution < -0.4 is 14.4 Å². The van der Waals surface area contributed by atoms with Gasteiger partial charge in [0.2, 0.25) is 0 Å². The third kappa shape index (κ3) is 5.29. The first-order valence-corrected chi connectivity index (χ1v) is 12.3. The molecule has 2 aromatic carbocycles. The molecule has 3 aromatic rings. The highest BCUT2D eigenvalue weighted by Crippen LogP contribution is 2.33. The molecule has 1 aliphatic heterocycles. The molecule has 1 aromatic heterocycles. The number of aromatic nitrogens is 1. The molecule has 0 bridgehead atoms. The summed E-state index contributed by atoms with van der Waals surface area (Å²) < 4.78 is 10.6. The summed E-state index contributed by atoms with van der Waals surface area (Å²) in [6.45, 7) is 4.27. The summed E-state index contributed by atoms with van der Waals surface area (Å²) in [5.74, 6) is 2.29. The number of carbonyl (C=O) groups excluding carboxylic acids is 1. The van der Waals surface area contributed by atoms with Crippen molar-refractivity contribution in [3.8, 4) is 11.5 Å². The van der Waals surface area contributed by atoms with E-state index in [2.05, 4.69) is 19.2 Å². The van der Waals surface area contributed by atoms with Gasteiger partial charge in [-0.25, -0.2) is 9.98 Å². The van der Waals surface area contributed by atoms with E-state index in [1.54, 1.807) is 36.5 Å². The van der Waals surface area contributed by atoms with E-state index in [0.717, 1.165) is 22.0 Å². The lowest BCUT2D eigenvalue weighted by molar-refractivity contribution is -0.113. The second-order valence-electron chi connectivity index (χ2n) is 7.66. The van der Waals surface area contributed by atoms with Gasteiger partial charge in [-0.05, 0) is 35.9 Å². The third-order valence-electron chi connectivity index (χ3n) is 4.97. The van der Waals surface area contributed by atoms with E-state index in [4.69, 9.17) is 19.5 Å². The lowest BCUT2D eigenvalue weighted by Crippen LogP contribution is -2.30. The predicted octanol–water partition coefficient (Wildman–Crippen LogP) is 5.96. The Balaban J connectivity index is 1.64. The van der Waals surface area contributed by atoms with E-state index in [1.807, 2.05) is 48.5 Å². The number of anilines is 1. The van der Waals surface area contributed by atoms with E-state index in [1.165, 1.54) is 11.8 Å². The number of methoxy groups -OCH3 is 2. The number of carbonyl (C=O) groups is 1. The maximum absolute atomic E-state index is 13.4. The first-order valence-electron chi connectivity index (χ1n) is 10.5. The Morgan fingerprint density at radius 2 is 1.85 bits per heavy atom. The minimum atomic E-state index is -0.178. The normalized spacial score (nSPS) is 14.8. The summed E-state index contributed by atoms with van der Waals surface area (Å²) in [5, 5.41) is 3.80. The van der Waals surface area contributed by atoms with Crippen molar-refractivity contribution in [2.45, 2.75) is 25.5 Å². The van der Waals surface area contributed by atoms with Crippen molar-refractivity contribution >= 4 is 45.9 Å². The number of hydrogen-bond donors (Lipinski definition) is 0. The van der Waals surface area contributed by atoms with Crippen LogP contribution in [0.4, 0.5) is 5.69 Å². The number of thiazole rings is 1. The number of benzene rings is 2. The van der Waals surface area contributed by atoms with Crippen molar-refractivity contribution in [2.24, 2.45) is 4.99 Å². The maximum atomic E-state index is 13.4. The smallest absolute Gasteiger partial charge is 0.283 e. The summed E-state index contributed by atoms with van der Waals surface area (Å²) >= 11 is 3.17. The fraction of sp³-hybridized carbons (Fsp3) is 0.240. The van der Waals surface area contributed by atoms with Crippen LogP contribution in [-0.2, 0) is 10.5 Å². The van der Waals surface area contributed by atoms with Gasteiger partial charge in [0.1, 0.15) is 17.2 Å². The van der Waals surface area contributed by atoms with Gasteiger partial charge in [0.15, 0.2) is 5.17 Å². The third-order valence-corrected chi connectivity index (χ3v) is 7.14. The number of nitrogens with zero attached hydrogens (tertiary/aromatic N) is 3. The number of amidine groups is 1. The first-order chi connectivity index (χ1) is 16.0. The molecule has 0 N–H and O–H groups in total. The van der Waals surface area contributed by atoms with Gasteiger partial charge in [-0.2, -0.15) is 0 Å². The highest BCUT2D eigenvalue weighted by molar-refractivity contribution is 8.13. The molecule has 1 aliphatic rings. The Kier molecular flexibility index (Phi) is 7.15. The molecule has 0 saturated carbocycles. The summed E-state index contributed by atoms with van der Waals surface area (Å²) in [6.07, 6.45) is 1.79. The Morgan fingerprint density at radius 3 is 2.52 bits per heavy atom. The zero-order valence-corrected chi connectivity index (χ0v) is 20.6. The number of ether oxygens (including phenoxy) is 2. The van der Waals surface area contributed by atoms with Crippen molar-refractivity contribution in [1.29, 1.82) is 0 Å². The number of amides is 1. The molecule has 0 fully saturated rings. The van der Waals surface area contributed by atoms with Gasteiger partial charge < -0.3 is 9.47 Å². The molecule has 0 saturated heterocycles. The molecule has 170 valence electrons. The zero-order valence-electron chi connectivity index (χ0n) is 18.9. The Labute approximate surface area is 202 Å². The molecule has 33 heavy (non-hydrogen) atoms. The largest absolute Gasteiger partial charge is 0.497 e. The van der Waals surface area contributed by atoms with Gasteiger partial charge in [-0.15, -0.1) is 11.3 Å². The van der Waals surface area contributed by atoms with E-state index in [-0.39, 0.29) is 5.91 Å². The van der Waals surface area contributed by atoms with Crippen LogP contribution in [0.15, 0.2) is 64.6 Å². The van der Waals surface area contributed by atoms with Crippen LogP contribution in [0.25, 0.3) is 6.08 Å². The van der Waals surface area contributed by atoms with Crippen LogP contribution in [0.1, 0.15) is 36.0 Å². The SMILES string of the molecule is COc1ccc(/C=C2\N=C(SCc3csc(C(C)C)n3)N(c3cccc(OC)c3)C2=O)cc1.